The summed E-state index contributed by atoms with van der Waals surface area (Å²) in [4.78, 5) is 0. The van der Waals surface area contributed by atoms with Gasteiger partial charge in [-0.15, -0.1) is 0 Å². The summed E-state index contributed by atoms with van der Waals surface area (Å²) in [5, 5.41) is 0. The number of halogens is 3. The minimum Gasteiger partial charge on any atom is -0.239 e. The van der Waals surface area contributed by atoms with Crippen LogP contribution in [0.3, 0.4) is 0 Å². The second-order valence-electron chi connectivity index (χ2n) is 4.03. The van der Waals surface area contributed by atoms with Crippen LogP contribution < -0.4 is 0 Å². The highest BCUT2D eigenvalue weighted by atomic mass is 127. The number of benzene rings is 2. The third-order valence-electron chi connectivity index (χ3n) is 2.53. The maximum Gasteiger partial charge on any atom is 0.123 e. The van der Waals surface area contributed by atoms with Crippen molar-refractivity contribution >= 4 is 22.9 Å². The Kier molecular flexibility index (Phi) is 4.66. The van der Waals surface area contributed by atoms with Crippen molar-refractivity contribution in [3.63, 3.8) is 0 Å². The van der Waals surface area contributed by atoms with Crippen molar-refractivity contribution in [2.75, 3.05) is 0 Å². The zero-order valence-electron chi connectivity index (χ0n) is 9.61. The van der Waals surface area contributed by atoms with Crippen LogP contribution in [-0.2, 0) is 13.1 Å². The number of nitrogens with zero attached hydrogens (tertiary/aromatic N) is 1. The van der Waals surface area contributed by atoms with Gasteiger partial charge in [-0.25, -0.2) is 11.9 Å². The van der Waals surface area contributed by atoms with Gasteiger partial charge in [0.1, 0.15) is 11.6 Å². The fourth-order valence-electron chi connectivity index (χ4n) is 1.63. The fraction of sp³-hybridized carbons (Fsp3) is 0.143. The first-order valence-corrected chi connectivity index (χ1v) is 6.49. The summed E-state index contributed by atoms with van der Waals surface area (Å²) in [6.45, 7) is 1.44. The second kappa shape index (κ2) is 6.24. The van der Waals surface area contributed by atoms with Gasteiger partial charge in [-0.2, -0.15) is 0 Å². The van der Waals surface area contributed by atoms with E-state index in [-0.39, 0.29) is 11.6 Å². The molecule has 0 fully saturated rings. The van der Waals surface area contributed by atoms with Crippen molar-refractivity contribution in [1.29, 1.82) is 0 Å². The van der Waals surface area contributed by atoms with Crippen LogP contribution in [-0.4, -0.2) is 3.11 Å². The molecule has 0 aromatic heterocycles. The molecule has 0 radical (unpaired) electrons. The molecule has 0 amide bonds. The van der Waals surface area contributed by atoms with E-state index in [4.69, 9.17) is 0 Å². The number of hydrogen-bond donors (Lipinski definition) is 0. The third-order valence-corrected chi connectivity index (χ3v) is 3.22. The highest BCUT2D eigenvalue weighted by molar-refractivity contribution is 14.1. The van der Waals surface area contributed by atoms with Gasteiger partial charge in [0.2, 0.25) is 0 Å². The Morgan fingerprint density at radius 3 is 1.39 bits per heavy atom. The minimum atomic E-state index is -0.225. The number of hydrogen-bond acceptors (Lipinski definition) is 1. The first kappa shape index (κ1) is 13.4. The molecule has 2 aromatic rings. The topological polar surface area (TPSA) is 3.24 Å². The molecule has 1 nitrogen and oxygen atoms in total. The average Bonchev–Trinajstić information content (AvgIpc) is 2.35. The molecule has 0 aliphatic rings. The van der Waals surface area contributed by atoms with Gasteiger partial charge < -0.3 is 0 Å². The lowest BCUT2D eigenvalue weighted by molar-refractivity contribution is 0.501. The lowest BCUT2D eigenvalue weighted by Crippen LogP contribution is -2.10. The van der Waals surface area contributed by atoms with E-state index in [2.05, 4.69) is 26.0 Å². The summed E-state index contributed by atoms with van der Waals surface area (Å²) in [5.41, 5.74) is 2.10. The van der Waals surface area contributed by atoms with Crippen LogP contribution in [0.2, 0.25) is 0 Å². The van der Waals surface area contributed by atoms with E-state index in [1.807, 2.05) is 0 Å². The first-order valence-electron chi connectivity index (χ1n) is 5.53. The standard InChI is InChI=1S/C14H12F2IN/c15-13-5-1-11(2-6-13)9-18(17)10-12-3-7-14(16)8-4-12/h1-8H,9-10H2. The van der Waals surface area contributed by atoms with Crippen molar-refractivity contribution in [1.82, 2.24) is 3.11 Å². The highest BCUT2D eigenvalue weighted by Crippen LogP contribution is 2.14. The van der Waals surface area contributed by atoms with Crippen LogP contribution in [0, 0.1) is 11.6 Å². The zero-order valence-corrected chi connectivity index (χ0v) is 11.8. The largest absolute Gasteiger partial charge is 0.239 e. The summed E-state index contributed by atoms with van der Waals surface area (Å²) >= 11 is 2.21. The smallest absolute Gasteiger partial charge is 0.123 e. The van der Waals surface area contributed by atoms with E-state index in [1.165, 1.54) is 24.3 Å². The van der Waals surface area contributed by atoms with Gasteiger partial charge in [0.05, 0.1) is 0 Å². The van der Waals surface area contributed by atoms with Gasteiger partial charge in [-0.1, -0.05) is 24.3 Å². The monoisotopic (exact) mass is 359 g/mol. The first-order chi connectivity index (χ1) is 8.63. The van der Waals surface area contributed by atoms with E-state index in [0.29, 0.717) is 0 Å². The van der Waals surface area contributed by atoms with Gasteiger partial charge in [0.25, 0.3) is 0 Å². The van der Waals surface area contributed by atoms with Crippen LogP contribution in [0.5, 0.6) is 0 Å². The molecule has 0 spiro atoms. The summed E-state index contributed by atoms with van der Waals surface area (Å²) in [5.74, 6) is -0.449. The van der Waals surface area contributed by atoms with Crippen molar-refractivity contribution in [3.05, 3.63) is 71.3 Å². The normalized spacial score (nSPS) is 10.9. The van der Waals surface area contributed by atoms with Crippen molar-refractivity contribution in [2.24, 2.45) is 0 Å². The molecule has 0 aliphatic carbocycles. The van der Waals surface area contributed by atoms with Crippen molar-refractivity contribution < 1.29 is 8.78 Å². The molecule has 94 valence electrons. The Hall–Kier alpha value is -1.01. The molecule has 4 heteroatoms. The molecular formula is C14H12F2IN. The van der Waals surface area contributed by atoms with Gasteiger partial charge in [0.15, 0.2) is 0 Å². The maximum atomic E-state index is 12.8. The van der Waals surface area contributed by atoms with E-state index >= 15 is 0 Å². The Balaban J connectivity index is 1.94. The lowest BCUT2D eigenvalue weighted by atomic mass is 10.2. The quantitative estimate of drug-likeness (QED) is 0.581. The molecule has 0 atom stereocenters. The Labute approximate surface area is 119 Å². The Morgan fingerprint density at radius 1 is 0.722 bits per heavy atom. The molecule has 0 N–H and O–H groups in total. The zero-order chi connectivity index (χ0) is 13.0. The molecule has 0 saturated carbocycles. The molecule has 0 bridgehead atoms. The summed E-state index contributed by atoms with van der Waals surface area (Å²) in [6.07, 6.45) is 0. The third kappa shape index (κ3) is 4.03. The van der Waals surface area contributed by atoms with Gasteiger partial charge in [-0.3, -0.25) is 0 Å². The van der Waals surface area contributed by atoms with E-state index in [9.17, 15) is 8.78 Å². The Morgan fingerprint density at radius 2 is 1.06 bits per heavy atom. The van der Waals surface area contributed by atoms with E-state index < -0.39 is 0 Å². The van der Waals surface area contributed by atoms with Crippen LogP contribution in [0.4, 0.5) is 8.78 Å². The molecular weight excluding hydrogens is 347 g/mol. The van der Waals surface area contributed by atoms with Gasteiger partial charge in [0, 0.05) is 36.0 Å². The summed E-state index contributed by atoms with van der Waals surface area (Å²) < 4.78 is 27.6. The fourth-order valence-corrected chi connectivity index (χ4v) is 2.42. The van der Waals surface area contributed by atoms with Crippen LogP contribution in [0.15, 0.2) is 48.5 Å². The van der Waals surface area contributed by atoms with Crippen molar-refractivity contribution in [2.45, 2.75) is 13.1 Å². The minimum absolute atomic E-state index is 0.225. The van der Waals surface area contributed by atoms with Gasteiger partial charge >= 0.3 is 0 Å². The number of rotatable bonds is 4. The van der Waals surface area contributed by atoms with E-state index in [0.717, 1.165) is 24.2 Å². The van der Waals surface area contributed by atoms with Gasteiger partial charge in [-0.05, 0) is 35.4 Å². The predicted octanol–water partition coefficient (Wildman–Crippen LogP) is 4.32. The Bertz CT molecular complexity index is 449. The summed E-state index contributed by atoms with van der Waals surface area (Å²) in [6, 6.07) is 12.9. The predicted molar refractivity (Wildman–Crippen MR) is 76.1 cm³/mol. The van der Waals surface area contributed by atoms with E-state index in [1.54, 1.807) is 24.3 Å². The summed E-state index contributed by atoms with van der Waals surface area (Å²) in [7, 11) is 0. The van der Waals surface area contributed by atoms with Crippen LogP contribution in [0.25, 0.3) is 0 Å². The van der Waals surface area contributed by atoms with Crippen LogP contribution in [0.1, 0.15) is 11.1 Å². The molecule has 18 heavy (non-hydrogen) atoms. The molecule has 0 saturated heterocycles. The molecule has 0 heterocycles. The average molecular weight is 359 g/mol. The molecule has 2 aromatic carbocycles. The van der Waals surface area contributed by atoms with Crippen LogP contribution >= 0.6 is 22.9 Å². The second-order valence-corrected chi connectivity index (χ2v) is 5.40. The van der Waals surface area contributed by atoms with Crippen molar-refractivity contribution in [3.8, 4) is 0 Å². The lowest BCUT2D eigenvalue weighted by Gasteiger charge is -2.14. The SMILES string of the molecule is Fc1ccc(CN(I)Cc2ccc(F)cc2)cc1. The maximum absolute atomic E-state index is 12.8. The highest BCUT2D eigenvalue weighted by Gasteiger charge is 2.04. The molecule has 0 aliphatic heterocycles. The molecule has 2 rings (SSSR count). The molecule has 0 unspecified atom stereocenters.